The normalized spacial score (nSPS) is 17.6. The van der Waals surface area contributed by atoms with E-state index in [1.165, 1.54) is 0 Å². The van der Waals surface area contributed by atoms with Crippen molar-refractivity contribution in [1.82, 2.24) is 0 Å². The SMILES string of the molecule is C1=C[CH-]C[CH-]1. The minimum Gasteiger partial charge on any atom is -0.379 e. The zero-order chi connectivity index (χ0) is 3.54. The second-order valence-electron chi connectivity index (χ2n) is 1.09. The first-order valence-corrected chi connectivity index (χ1v) is 1.82. The first kappa shape index (κ1) is 2.70. The lowest BCUT2D eigenvalue weighted by Gasteiger charge is -1.92. The summed E-state index contributed by atoms with van der Waals surface area (Å²) >= 11 is 0. The summed E-state index contributed by atoms with van der Waals surface area (Å²) in [5, 5.41) is 0. The van der Waals surface area contributed by atoms with Crippen molar-refractivity contribution >= 4 is 0 Å². The fourth-order valence-corrected chi connectivity index (χ4v) is 0.393. The minimum absolute atomic E-state index is 1.14. The highest BCUT2D eigenvalue weighted by atomic mass is 13.9. The Hall–Kier alpha value is -0.520. The molecule has 1 aliphatic rings. The van der Waals surface area contributed by atoms with Crippen LogP contribution < -0.4 is 0 Å². The monoisotopic (exact) mass is 66.0 g/mol. The molecule has 0 spiro atoms. The van der Waals surface area contributed by atoms with Gasteiger partial charge in [0, 0.05) is 0 Å². The van der Waals surface area contributed by atoms with Gasteiger partial charge < -0.3 is 25.0 Å². The van der Waals surface area contributed by atoms with Crippen LogP contribution in [0.2, 0.25) is 0 Å². The Labute approximate surface area is 32.5 Å². The zero-order valence-corrected chi connectivity index (χ0v) is 3.02. The molecule has 0 aromatic rings. The third-order valence-corrected chi connectivity index (χ3v) is 0.655. The Morgan fingerprint density at radius 2 is 1.80 bits per heavy atom. The molecule has 0 N–H and O–H groups in total. The second-order valence-corrected chi connectivity index (χ2v) is 1.09. The number of allylic oxidation sites excluding steroid dienone is 2. The van der Waals surface area contributed by atoms with Gasteiger partial charge in [-0.25, -0.2) is 0 Å². The van der Waals surface area contributed by atoms with Gasteiger partial charge in [0.1, 0.15) is 0 Å². The summed E-state index contributed by atoms with van der Waals surface area (Å²) in [5.74, 6) is 0. The summed E-state index contributed by atoms with van der Waals surface area (Å²) < 4.78 is 0. The Balaban J connectivity index is 2.32. The van der Waals surface area contributed by atoms with Crippen molar-refractivity contribution in [2.75, 3.05) is 0 Å². The highest BCUT2D eigenvalue weighted by Gasteiger charge is 1.59. The molecule has 0 nitrogen and oxygen atoms in total. The van der Waals surface area contributed by atoms with Gasteiger partial charge in [-0.05, 0) is 0 Å². The maximum Gasteiger partial charge on any atom is -0.182 e. The van der Waals surface area contributed by atoms with E-state index in [-0.39, 0.29) is 0 Å². The topological polar surface area (TPSA) is 0 Å². The van der Waals surface area contributed by atoms with Gasteiger partial charge in [-0.1, -0.05) is 0 Å². The number of rotatable bonds is 0. The molecule has 0 unspecified atom stereocenters. The molecule has 1 rings (SSSR count). The molecule has 0 fully saturated rings. The fourth-order valence-electron chi connectivity index (χ4n) is 0.393. The molecule has 1 aliphatic carbocycles. The van der Waals surface area contributed by atoms with E-state index in [0.717, 1.165) is 6.42 Å². The third kappa shape index (κ3) is 0.380. The lowest BCUT2D eigenvalue weighted by atomic mass is 10.4. The van der Waals surface area contributed by atoms with Gasteiger partial charge in [-0.3, -0.25) is 0 Å². The molecule has 0 aromatic carbocycles. The van der Waals surface area contributed by atoms with Crippen molar-refractivity contribution in [2.24, 2.45) is 0 Å². The number of hydrogen-bond acceptors (Lipinski definition) is 0. The highest BCUT2D eigenvalue weighted by molar-refractivity contribution is 5.12. The van der Waals surface area contributed by atoms with Gasteiger partial charge in [0.15, 0.2) is 0 Å². The van der Waals surface area contributed by atoms with Crippen molar-refractivity contribution in [2.45, 2.75) is 6.42 Å². The lowest BCUT2D eigenvalue weighted by Crippen LogP contribution is -1.53. The van der Waals surface area contributed by atoms with Crippen LogP contribution in [0.4, 0.5) is 0 Å². The van der Waals surface area contributed by atoms with Crippen LogP contribution >= 0.6 is 0 Å². The molecule has 0 heteroatoms. The van der Waals surface area contributed by atoms with Crippen molar-refractivity contribution in [3.63, 3.8) is 0 Å². The van der Waals surface area contributed by atoms with Crippen LogP contribution in [0.25, 0.3) is 0 Å². The Kier molecular flexibility index (Phi) is 0.577. The second kappa shape index (κ2) is 1.07. The van der Waals surface area contributed by atoms with Gasteiger partial charge in [-0.15, -0.1) is 0 Å². The minimum atomic E-state index is 1.14. The van der Waals surface area contributed by atoms with Crippen LogP contribution in [0.5, 0.6) is 0 Å². The van der Waals surface area contributed by atoms with Gasteiger partial charge in [0.2, 0.25) is 0 Å². The van der Waals surface area contributed by atoms with Crippen LogP contribution in [0.15, 0.2) is 12.2 Å². The molecule has 0 radical (unpaired) electrons. The molecule has 0 aromatic heterocycles. The van der Waals surface area contributed by atoms with Crippen molar-refractivity contribution in [3.8, 4) is 0 Å². The first-order valence-electron chi connectivity index (χ1n) is 1.82. The van der Waals surface area contributed by atoms with E-state index in [0.29, 0.717) is 0 Å². The molecule has 28 valence electrons. The van der Waals surface area contributed by atoms with Gasteiger partial charge in [-0.2, -0.15) is 6.42 Å². The maximum atomic E-state index is 2.12. The van der Waals surface area contributed by atoms with Crippen LogP contribution in [-0.2, 0) is 0 Å². The smallest absolute Gasteiger partial charge is 0.182 e. The molecule has 0 heterocycles. The van der Waals surface area contributed by atoms with E-state index in [9.17, 15) is 0 Å². The van der Waals surface area contributed by atoms with Crippen LogP contribution in [0, 0.1) is 12.8 Å². The molecule has 0 atom stereocenters. The van der Waals surface area contributed by atoms with Crippen molar-refractivity contribution < 1.29 is 0 Å². The van der Waals surface area contributed by atoms with Crippen LogP contribution in [0.1, 0.15) is 6.42 Å². The Bertz CT molecular complexity index is 38.0. The molecule has 0 saturated carbocycles. The van der Waals surface area contributed by atoms with Gasteiger partial charge in [0.25, 0.3) is 0 Å². The quantitative estimate of drug-likeness (QED) is 0.374. The van der Waals surface area contributed by atoms with E-state index in [1.807, 2.05) is 0 Å². The van der Waals surface area contributed by atoms with E-state index >= 15 is 0 Å². The van der Waals surface area contributed by atoms with Crippen molar-refractivity contribution in [3.05, 3.63) is 25.0 Å². The fraction of sp³-hybridized carbons (Fsp3) is 0.200. The first-order chi connectivity index (χ1) is 2.50. The maximum absolute atomic E-state index is 2.12. The van der Waals surface area contributed by atoms with Gasteiger partial charge >= 0.3 is 0 Å². The van der Waals surface area contributed by atoms with Crippen LogP contribution in [0.3, 0.4) is 0 Å². The van der Waals surface area contributed by atoms with E-state index in [2.05, 4.69) is 25.0 Å². The Morgan fingerprint density at radius 3 is 2.00 bits per heavy atom. The lowest BCUT2D eigenvalue weighted by molar-refractivity contribution is 1.28. The zero-order valence-electron chi connectivity index (χ0n) is 3.02. The Morgan fingerprint density at radius 1 is 1.20 bits per heavy atom. The molecular formula is C5H6-2. The molecule has 0 bridgehead atoms. The summed E-state index contributed by atoms with van der Waals surface area (Å²) in [6, 6.07) is 0. The molecular weight excluding hydrogens is 60.1 g/mol. The average molecular weight is 66.1 g/mol. The van der Waals surface area contributed by atoms with Gasteiger partial charge in [0.05, 0.1) is 0 Å². The third-order valence-electron chi connectivity index (χ3n) is 0.655. The number of hydrogen-bond donors (Lipinski definition) is 0. The largest absolute Gasteiger partial charge is 0.379 e. The molecule has 0 amide bonds. The predicted molar refractivity (Wildman–Crippen MR) is 22.4 cm³/mol. The van der Waals surface area contributed by atoms with E-state index in [1.54, 1.807) is 0 Å². The average Bonchev–Trinajstić information content (AvgIpc) is 1.76. The van der Waals surface area contributed by atoms with Crippen LogP contribution in [-0.4, -0.2) is 0 Å². The van der Waals surface area contributed by atoms with Crippen molar-refractivity contribution in [1.29, 1.82) is 0 Å². The summed E-state index contributed by atoms with van der Waals surface area (Å²) in [4.78, 5) is 0. The summed E-state index contributed by atoms with van der Waals surface area (Å²) in [6.07, 6.45) is 9.50. The summed E-state index contributed by atoms with van der Waals surface area (Å²) in [5.41, 5.74) is 0. The molecule has 0 saturated heterocycles. The standard InChI is InChI=1S/C5H6/c1-2-4-5-3-1/h1-4H,5H2/q-2. The highest BCUT2D eigenvalue weighted by Crippen LogP contribution is 2.02. The molecule has 0 aliphatic heterocycles. The predicted octanol–water partition coefficient (Wildman–Crippen LogP) is 1.35. The van der Waals surface area contributed by atoms with E-state index in [4.69, 9.17) is 0 Å². The van der Waals surface area contributed by atoms with E-state index < -0.39 is 0 Å². The summed E-state index contributed by atoms with van der Waals surface area (Å²) in [7, 11) is 0. The summed E-state index contributed by atoms with van der Waals surface area (Å²) in [6.45, 7) is 0. The molecule has 5 heavy (non-hydrogen) atoms.